The van der Waals surface area contributed by atoms with E-state index >= 15 is 0 Å². The first-order chi connectivity index (χ1) is 8.74. The van der Waals surface area contributed by atoms with Crippen LogP contribution in [0.15, 0.2) is 30.3 Å². The van der Waals surface area contributed by atoms with Gasteiger partial charge in [0.15, 0.2) is 6.23 Å². The lowest BCUT2D eigenvalue weighted by Gasteiger charge is -2.32. The average Bonchev–Trinajstić information content (AvgIpc) is 2.81. The van der Waals surface area contributed by atoms with Gasteiger partial charge in [0.2, 0.25) is 5.91 Å². The van der Waals surface area contributed by atoms with E-state index in [0.29, 0.717) is 0 Å². The molecule has 1 amide bonds. The third-order valence-corrected chi connectivity index (χ3v) is 2.86. The van der Waals surface area contributed by atoms with Gasteiger partial charge in [-0.1, -0.05) is 24.1 Å². The largest absolute Gasteiger partial charge is 0.344 e. The molecule has 0 N–H and O–H groups in total. The Labute approximate surface area is 107 Å². The number of anilines is 1. The number of para-hydroxylation sites is 1. The van der Waals surface area contributed by atoms with Crippen molar-refractivity contribution in [3.05, 3.63) is 30.3 Å². The summed E-state index contributed by atoms with van der Waals surface area (Å²) in [5.74, 6) is 2.39. The van der Waals surface area contributed by atoms with E-state index in [1.165, 1.54) is 6.92 Å². The molecule has 18 heavy (non-hydrogen) atoms. The molecule has 0 radical (unpaired) electrons. The van der Waals surface area contributed by atoms with Gasteiger partial charge in [-0.05, 0) is 12.1 Å². The summed E-state index contributed by atoms with van der Waals surface area (Å²) in [6.45, 7) is 2.50. The first-order valence-corrected chi connectivity index (χ1v) is 5.91. The Bertz CT molecular complexity index is 453. The monoisotopic (exact) mass is 244 g/mol. The molecule has 1 aliphatic rings. The number of ether oxygens (including phenoxy) is 1. The zero-order chi connectivity index (χ0) is 13.0. The van der Waals surface area contributed by atoms with Crippen LogP contribution in [-0.2, 0) is 9.53 Å². The van der Waals surface area contributed by atoms with E-state index in [4.69, 9.17) is 11.2 Å². The molecule has 1 atom stereocenters. The Morgan fingerprint density at radius 2 is 2.22 bits per heavy atom. The summed E-state index contributed by atoms with van der Waals surface area (Å²) in [5.41, 5.74) is 0.986. The van der Waals surface area contributed by atoms with Crippen LogP contribution in [0.4, 0.5) is 5.69 Å². The van der Waals surface area contributed by atoms with Crippen LogP contribution in [-0.4, -0.2) is 30.3 Å². The number of amides is 1. The zero-order valence-corrected chi connectivity index (χ0v) is 10.4. The Morgan fingerprint density at radius 3 is 2.83 bits per heavy atom. The van der Waals surface area contributed by atoms with Crippen LogP contribution in [0.1, 0.15) is 13.3 Å². The van der Waals surface area contributed by atoms with Gasteiger partial charge in [0, 0.05) is 19.9 Å². The highest BCUT2D eigenvalue weighted by atomic mass is 16.5. The highest BCUT2D eigenvalue weighted by molar-refractivity contribution is 5.76. The molecule has 94 valence electrons. The number of rotatable bonds is 3. The molecule has 0 saturated carbocycles. The van der Waals surface area contributed by atoms with E-state index < -0.39 is 0 Å². The molecule has 1 saturated heterocycles. The van der Waals surface area contributed by atoms with Crippen molar-refractivity contribution in [3.8, 4) is 12.3 Å². The maximum absolute atomic E-state index is 11.8. The van der Waals surface area contributed by atoms with Gasteiger partial charge in [-0.15, -0.1) is 6.42 Å². The van der Waals surface area contributed by atoms with Crippen LogP contribution >= 0.6 is 0 Å². The van der Waals surface area contributed by atoms with Gasteiger partial charge in [0.05, 0.1) is 5.69 Å². The Kier molecular flexibility index (Phi) is 3.85. The van der Waals surface area contributed by atoms with Crippen LogP contribution in [0, 0.1) is 12.3 Å². The summed E-state index contributed by atoms with van der Waals surface area (Å²) in [5, 5.41) is 3.57. The third-order valence-electron chi connectivity index (χ3n) is 2.86. The standard InChI is InChI=1S/C14H16N2O2/c1-3-11-18-14-9-10-15(16(14)12(2)17)13-7-5-4-6-8-13/h1,4-8,14H,9-11H2,2H3. The Hall–Kier alpha value is -1.99. The summed E-state index contributed by atoms with van der Waals surface area (Å²) in [6.07, 6.45) is 5.68. The Balaban J connectivity index is 2.17. The minimum atomic E-state index is -0.265. The second-order valence-corrected chi connectivity index (χ2v) is 4.08. The molecule has 1 heterocycles. The van der Waals surface area contributed by atoms with Crippen LogP contribution < -0.4 is 5.01 Å². The molecule has 1 aliphatic heterocycles. The Morgan fingerprint density at radius 1 is 1.50 bits per heavy atom. The highest BCUT2D eigenvalue weighted by Crippen LogP contribution is 2.26. The van der Waals surface area contributed by atoms with Gasteiger partial charge in [0.1, 0.15) is 6.61 Å². The number of terminal acetylenes is 1. The smallest absolute Gasteiger partial charge is 0.240 e. The fourth-order valence-corrected chi connectivity index (χ4v) is 2.14. The molecular formula is C14H16N2O2. The zero-order valence-electron chi connectivity index (χ0n) is 10.4. The average molecular weight is 244 g/mol. The van der Waals surface area contributed by atoms with E-state index in [-0.39, 0.29) is 18.7 Å². The van der Waals surface area contributed by atoms with Gasteiger partial charge in [-0.2, -0.15) is 0 Å². The molecule has 2 rings (SSSR count). The predicted molar refractivity (Wildman–Crippen MR) is 69.5 cm³/mol. The number of carbonyl (C=O) groups excluding carboxylic acids is 1. The number of nitrogens with zero attached hydrogens (tertiary/aromatic N) is 2. The van der Waals surface area contributed by atoms with Gasteiger partial charge in [0.25, 0.3) is 0 Å². The maximum atomic E-state index is 11.8. The van der Waals surface area contributed by atoms with Crippen LogP contribution in [0.3, 0.4) is 0 Å². The fourth-order valence-electron chi connectivity index (χ4n) is 2.14. The van der Waals surface area contributed by atoms with Crippen molar-refractivity contribution in [1.29, 1.82) is 0 Å². The van der Waals surface area contributed by atoms with Gasteiger partial charge in [-0.25, -0.2) is 5.01 Å². The highest BCUT2D eigenvalue weighted by Gasteiger charge is 2.34. The molecule has 4 heteroatoms. The van der Waals surface area contributed by atoms with Crippen molar-refractivity contribution in [2.45, 2.75) is 19.6 Å². The molecule has 0 aliphatic carbocycles. The normalized spacial score (nSPS) is 18.8. The van der Waals surface area contributed by atoms with Gasteiger partial charge in [-0.3, -0.25) is 9.80 Å². The van der Waals surface area contributed by atoms with Crippen molar-refractivity contribution in [2.75, 3.05) is 18.2 Å². The van der Waals surface area contributed by atoms with Gasteiger partial charge < -0.3 is 4.74 Å². The fraction of sp³-hybridized carbons (Fsp3) is 0.357. The van der Waals surface area contributed by atoms with Crippen molar-refractivity contribution < 1.29 is 9.53 Å². The minimum Gasteiger partial charge on any atom is -0.344 e. The molecule has 1 aromatic carbocycles. The summed E-state index contributed by atoms with van der Waals surface area (Å²) in [4.78, 5) is 11.8. The number of hydrogen-bond donors (Lipinski definition) is 0. The minimum absolute atomic E-state index is 0.0432. The second kappa shape index (κ2) is 5.56. The quantitative estimate of drug-likeness (QED) is 0.758. The molecule has 0 aromatic heterocycles. The maximum Gasteiger partial charge on any atom is 0.240 e. The molecule has 4 nitrogen and oxygen atoms in total. The molecule has 1 aromatic rings. The lowest BCUT2D eigenvalue weighted by molar-refractivity contribution is -0.139. The number of hydrogen-bond acceptors (Lipinski definition) is 3. The summed E-state index contributed by atoms with van der Waals surface area (Å²) >= 11 is 0. The summed E-state index contributed by atoms with van der Waals surface area (Å²) in [7, 11) is 0. The molecule has 1 fully saturated rings. The van der Waals surface area contributed by atoms with E-state index in [1.54, 1.807) is 5.01 Å². The van der Waals surface area contributed by atoms with Crippen molar-refractivity contribution in [1.82, 2.24) is 5.01 Å². The summed E-state index contributed by atoms with van der Waals surface area (Å²) < 4.78 is 5.51. The molecular weight excluding hydrogens is 228 g/mol. The first kappa shape index (κ1) is 12.5. The van der Waals surface area contributed by atoms with Gasteiger partial charge >= 0.3 is 0 Å². The van der Waals surface area contributed by atoms with Crippen LogP contribution in [0.25, 0.3) is 0 Å². The summed E-state index contributed by atoms with van der Waals surface area (Å²) in [6, 6.07) is 9.79. The number of hydrazine groups is 1. The second-order valence-electron chi connectivity index (χ2n) is 4.08. The van der Waals surface area contributed by atoms with E-state index in [2.05, 4.69) is 5.92 Å². The van der Waals surface area contributed by atoms with E-state index in [9.17, 15) is 4.79 Å². The van der Waals surface area contributed by atoms with E-state index in [1.807, 2.05) is 35.3 Å². The molecule has 0 bridgehead atoms. The molecule has 0 spiro atoms. The molecule has 1 unspecified atom stereocenters. The van der Waals surface area contributed by atoms with Crippen LogP contribution in [0.5, 0.6) is 0 Å². The predicted octanol–water partition coefficient (Wildman–Crippen LogP) is 1.64. The topological polar surface area (TPSA) is 32.8 Å². The van der Waals surface area contributed by atoms with E-state index in [0.717, 1.165) is 18.7 Å². The first-order valence-electron chi connectivity index (χ1n) is 5.91. The number of benzene rings is 1. The van der Waals surface area contributed by atoms with Crippen molar-refractivity contribution >= 4 is 11.6 Å². The lowest BCUT2D eigenvalue weighted by Crippen LogP contribution is -2.45. The SMILES string of the molecule is C#CCOC1CCN(c2ccccc2)N1C(C)=O. The van der Waals surface area contributed by atoms with Crippen molar-refractivity contribution in [3.63, 3.8) is 0 Å². The third kappa shape index (κ3) is 2.47. The van der Waals surface area contributed by atoms with Crippen molar-refractivity contribution in [2.24, 2.45) is 0 Å². The number of carbonyl (C=O) groups is 1. The lowest BCUT2D eigenvalue weighted by atomic mass is 10.3. The van der Waals surface area contributed by atoms with Crippen LogP contribution in [0.2, 0.25) is 0 Å².